The Morgan fingerprint density at radius 3 is 1.84 bits per heavy atom. The first-order chi connectivity index (χ1) is 8.35. The third kappa shape index (κ3) is 18.8. The second-order valence-corrected chi connectivity index (χ2v) is 6.74. The van der Waals surface area contributed by atoms with Gasteiger partial charge < -0.3 is 6.15 Å². The Hall–Kier alpha value is 0.816. The molecule has 3 N–H and O–H groups in total. The van der Waals surface area contributed by atoms with Gasteiger partial charge >= 0.3 is 58.7 Å². The van der Waals surface area contributed by atoms with E-state index in [9.17, 15) is 0 Å². The molecular weight excluding hydrogens is 450 g/mol. The van der Waals surface area contributed by atoms with Gasteiger partial charge in [0.15, 0.2) is 0 Å². The second kappa shape index (κ2) is 21.1. The van der Waals surface area contributed by atoms with Gasteiger partial charge in [0.05, 0.1) is 0 Å². The first-order valence-corrected chi connectivity index (χ1v) is 9.42. The van der Waals surface area contributed by atoms with E-state index in [4.69, 9.17) is 0 Å². The molecule has 0 aliphatic carbocycles. The normalized spacial score (nSPS) is 8.58. The average Bonchev–Trinajstić information content (AvgIpc) is 2.36. The summed E-state index contributed by atoms with van der Waals surface area (Å²) in [6, 6.07) is 10.8. The molecule has 0 aromatic heterocycles. The van der Waals surface area contributed by atoms with Gasteiger partial charge in [0.25, 0.3) is 0 Å². The Labute approximate surface area is 151 Å². The van der Waals surface area contributed by atoms with Crippen molar-refractivity contribution in [2.75, 3.05) is 0 Å². The molecule has 0 unspecified atom stereocenters. The van der Waals surface area contributed by atoms with E-state index in [-0.39, 0.29) is 30.6 Å². The SMILES string of the molecule is CCCCCCCCc1ccccc1.C[CH2][SbH2].N.[SbH3]. The minimum atomic E-state index is 0. The number of rotatable bonds is 7. The fraction of sp³-hybridized carbons (Fsp3) is 0.625. The van der Waals surface area contributed by atoms with Gasteiger partial charge in [-0.25, -0.2) is 0 Å². The van der Waals surface area contributed by atoms with Gasteiger partial charge in [-0.1, -0.05) is 69.4 Å². The van der Waals surface area contributed by atoms with Crippen molar-refractivity contribution in [3.8, 4) is 0 Å². The van der Waals surface area contributed by atoms with E-state index in [1.165, 1.54) is 77.9 Å². The molecule has 0 spiro atoms. The molecule has 0 fully saturated rings. The van der Waals surface area contributed by atoms with E-state index in [2.05, 4.69) is 44.2 Å². The summed E-state index contributed by atoms with van der Waals surface area (Å²) in [6.07, 6.45) is 9.60. The van der Waals surface area contributed by atoms with Crippen LogP contribution in [-0.2, 0) is 6.42 Å². The molecule has 0 bridgehead atoms. The molecule has 1 aromatic carbocycles. The van der Waals surface area contributed by atoms with E-state index < -0.39 is 0 Å². The van der Waals surface area contributed by atoms with Crippen LogP contribution in [0, 0.1) is 0 Å². The molecule has 19 heavy (non-hydrogen) atoms. The summed E-state index contributed by atoms with van der Waals surface area (Å²) in [7, 11) is 0. The average molecular weight is 485 g/mol. The van der Waals surface area contributed by atoms with Crippen molar-refractivity contribution >= 4 is 47.4 Å². The maximum atomic E-state index is 2.27. The number of hydrogen-bond donors (Lipinski definition) is 1. The molecular formula is C16H35NSb2. The number of unbranched alkanes of at least 4 members (excludes halogenated alkanes) is 5. The van der Waals surface area contributed by atoms with E-state index in [0.29, 0.717) is 0 Å². The third-order valence-corrected chi connectivity index (χ3v) is 2.66. The zero-order chi connectivity index (χ0) is 12.8. The summed E-state index contributed by atoms with van der Waals surface area (Å²) in [5, 5.41) is 0. The van der Waals surface area contributed by atoms with Crippen LogP contribution >= 0.6 is 0 Å². The molecule has 3 heteroatoms. The van der Waals surface area contributed by atoms with Gasteiger partial charge in [-0.2, -0.15) is 0 Å². The summed E-state index contributed by atoms with van der Waals surface area (Å²) in [5.41, 5.74) is 1.49. The van der Waals surface area contributed by atoms with Gasteiger partial charge in [-0.3, -0.25) is 0 Å². The fourth-order valence-corrected chi connectivity index (χ4v) is 1.75. The number of hydrogen-bond acceptors (Lipinski definition) is 1. The van der Waals surface area contributed by atoms with Crippen LogP contribution < -0.4 is 6.15 Å². The summed E-state index contributed by atoms with van der Waals surface area (Å²) in [6.45, 7) is 4.45. The topological polar surface area (TPSA) is 35.0 Å². The van der Waals surface area contributed by atoms with Crippen LogP contribution in [0.5, 0.6) is 0 Å². The van der Waals surface area contributed by atoms with Crippen molar-refractivity contribution in [2.24, 2.45) is 0 Å². The third-order valence-electron chi connectivity index (χ3n) is 2.66. The summed E-state index contributed by atoms with van der Waals surface area (Å²) < 4.78 is 1.38. The second-order valence-electron chi connectivity index (χ2n) is 4.41. The van der Waals surface area contributed by atoms with Crippen molar-refractivity contribution in [3.63, 3.8) is 0 Å². The molecule has 0 saturated heterocycles. The monoisotopic (exact) mass is 483 g/mol. The predicted octanol–water partition coefficient (Wildman–Crippen LogP) is 3.63. The van der Waals surface area contributed by atoms with E-state index >= 15 is 0 Å². The Morgan fingerprint density at radius 2 is 1.32 bits per heavy atom. The standard InChI is InChI=1S/C14H22.C2H5.H3N.2Sb.5H/c1-2-3-4-5-6-8-11-14-12-9-7-10-13-14;1-2;;;;;;;;/h7,9-10,12-13H,2-6,8,11H2,1H3;1H2,2H3;1H3;;;;;;;. The fourth-order valence-electron chi connectivity index (χ4n) is 1.75. The van der Waals surface area contributed by atoms with E-state index in [0.717, 1.165) is 0 Å². The molecule has 0 radical (unpaired) electrons. The Bertz CT molecular complexity index is 240. The van der Waals surface area contributed by atoms with Crippen molar-refractivity contribution in [1.82, 2.24) is 6.15 Å². The quantitative estimate of drug-likeness (QED) is 0.465. The minimum absolute atomic E-state index is 0. The Morgan fingerprint density at radius 1 is 0.842 bits per heavy atom. The molecule has 1 rings (SSSR count). The molecule has 0 amide bonds. The molecule has 0 aliphatic heterocycles. The summed E-state index contributed by atoms with van der Waals surface area (Å²) >= 11 is 1.42. The van der Waals surface area contributed by atoms with Crippen molar-refractivity contribution in [3.05, 3.63) is 35.9 Å². The van der Waals surface area contributed by atoms with Crippen molar-refractivity contribution < 1.29 is 0 Å². The van der Waals surface area contributed by atoms with Crippen LogP contribution in [-0.4, -0.2) is 47.4 Å². The first-order valence-electron chi connectivity index (χ1n) is 7.09. The molecule has 0 heterocycles. The van der Waals surface area contributed by atoms with Gasteiger partial charge in [-0.05, 0) is 18.4 Å². The maximum absolute atomic E-state index is 2.27. The summed E-state index contributed by atoms with van der Waals surface area (Å²) in [4.78, 5) is 0. The van der Waals surface area contributed by atoms with Crippen LogP contribution in [0.2, 0.25) is 4.37 Å². The molecule has 0 saturated carbocycles. The molecule has 1 aromatic rings. The van der Waals surface area contributed by atoms with Crippen LogP contribution in [0.25, 0.3) is 0 Å². The Kier molecular flexibility index (Phi) is 27.6. The predicted molar refractivity (Wildman–Crippen MR) is 97.5 cm³/mol. The molecule has 0 atom stereocenters. The first kappa shape index (κ1) is 24.8. The Balaban J connectivity index is -0.000000468. The van der Waals surface area contributed by atoms with E-state index in [1.807, 2.05) is 0 Å². The van der Waals surface area contributed by atoms with Gasteiger partial charge in [0, 0.05) is 0 Å². The zero-order valence-electron chi connectivity index (χ0n) is 13.0. The molecule has 0 aliphatic rings. The van der Waals surface area contributed by atoms with Crippen LogP contribution in [0.1, 0.15) is 57.9 Å². The van der Waals surface area contributed by atoms with E-state index in [1.54, 1.807) is 0 Å². The van der Waals surface area contributed by atoms with Crippen LogP contribution in [0.3, 0.4) is 0 Å². The van der Waals surface area contributed by atoms with Crippen molar-refractivity contribution in [1.29, 1.82) is 0 Å². The molecule has 114 valence electrons. The van der Waals surface area contributed by atoms with Crippen LogP contribution in [0.15, 0.2) is 30.3 Å². The van der Waals surface area contributed by atoms with Crippen LogP contribution in [0.4, 0.5) is 0 Å². The number of aryl methyl sites for hydroxylation is 1. The van der Waals surface area contributed by atoms with Crippen molar-refractivity contribution in [2.45, 2.75) is 63.2 Å². The van der Waals surface area contributed by atoms with Gasteiger partial charge in [0.2, 0.25) is 0 Å². The van der Waals surface area contributed by atoms with Gasteiger partial charge in [-0.15, -0.1) is 0 Å². The zero-order valence-corrected chi connectivity index (χ0v) is 20.4. The molecule has 1 nitrogen and oxygen atoms in total. The number of benzene rings is 1. The summed E-state index contributed by atoms with van der Waals surface area (Å²) in [5.74, 6) is 0. The van der Waals surface area contributed by atoms with Gasteiger partial charge in [0.1, 0.15) is 0 Å².